The Morgan fingerprint density at radius 2 is 2.32 bits per heavy atom. The van der Waals surface area contributed by atoms with Crippen LogP contribution in [0.5, 0.6) is 0 Å². The number of hydrogen-bond donors (Lipinski definition) is 1. The van der Waals surface area contributed by atoms with Crippen molar-refractivity contribution >= 4 is 30.0 Å². The van der Waals surface area contributed by atoms with Crippen LogP contribution in [0, 0.1) is 0 Å². The normalized spacial score (nSPS) is 19.0. The van der Waals surface area contributed by atoms with Crippen LogP contribution in [0.15, 0.2) is 18.2 Å². The maximum absolute atomic E-state index is 11.5. The summed E-state index contributed by atoms with van der Waals surface area (Å²) in [4.78, 5) is 13.7. The monoisotopic (exact) mass is 304 g/mol. The smallest absolute Gasteiger partial charge is 0.337 e. The van der Waals surface area contributed by atoms with Gasteiger partial charge >= 0.3 is 5.97 Å². The van der Waals surface area contributed by atoms with E-state index in [1.165, 1.54) is 7.11 Å². The Kier molecular flexibility index (Phi) is 6.07. The molecule has 1 aliphatic heterocycles. The van der Waals surface area contributed by atoms with E-state index < -0.39 is 0 Å². The molecule has 0 aliphatic carbocycles. The Morgan fingerprint density at radius 3 is 2.89 bits per heavy atom. The van der Waals surface area contributed by atoms with Gasteiger partial charge in [-0.3, -0.25) is 4.90 Å². The minimum absolute atomic E-state index is 0. The molecule has 6 heteroatoms. The first-order chi connectivity index (χ1) is 8.60. The molecule has 1 unspecified atom stereocenters. The van der Waals surface area contributed by atoms with Crippen LogP contribution in [0.2, 0.25) is 5.02 Å². The molecule has 1 saturated heterocycles. The van der Waals surface area contributed by atoms with Gasteiger partial charge in [-0.05, 0) is 30.2 Å². The van der Waals surface area contributed by atoms with Crippen LogP contribution >= 0.6 is 24.0 Å². The van der Waals surface area contributed by atoms with Crippen LogP contribution in [-0.2, 0) is 11.3 Å². The van der Waals surface area contributed by atoms with E-state index in [4.69, 9.17) is 22.1 Å². The van der Waals surface area contributed by atoms with Gasteiger partial charge in [-0.1, -0.05) is 11.6 Å². The van der Waals surface area contributed by atoms with E-state index in [9.17, 15) is 4.79 Å². The van der Waals surface area contributed by atoms with Gasteiger partial charge in [0.2, 0.25) is 0 Å². The van der Waals surface area contributed by atoms with Gasteiger partial charge in [0.1, 0.15) is 0 Å². The molecule has 2 rings (SSSR count). The Labute approximate surface area is 124 Å². The highest BCUT2D eigenvalue weighted by Gasteiger charge is 2.20. The number of esters is 1. The fourth-order valence-corrected chi connectivity index (χ4v) is 2.37. The van der Waals surface area contributed by atoms with Crippen molar-refractivity contribution in [2.24, 2.45) is 5.73 Å². The molecule has 0 radical (unpaired) electrons. The molecule has 1 atom stereocenters. The molecule has 1 aromatic rings. The summed E-state index contributed by atoms with van der Waals surface area (Å²) in [5, 5.41) is 0.670. The number of carbonyl (C=O) groups is 1. The average molecular weight is 305 g/mol. The highest BCUT2D eigenvalue weighted by molar-refractivity contribution is 6.31. The topological polar surface area (TPSA) is 55.6 Å². The molecular weight excluding hydrogens is 287 g/mol. The zero-order chi connectivity index (χ0) is 13.1. The van der Waals surface area contributed by atoms with E-state index in [0.717, 1.165) is 31.6 Å². The van der Waals surface area contributed by atoms with Crippen LogP contribution in [0.4, 0.5) is 0 Å². The van der Waals surface area contributed by atoms with Crippen LogP contribution < -0.4 is 5.73 Å². The molecule has 1 aliphatic rings. The number of carbonyl (C=O) groups excluding carboxylic acids is 1. The Hall–Kier alpha value is -0.810. The Morgan fingerprint density at radius 1 is 1.58 bits per heavy atom. The van der Waals surface area contributed by atoms with Gasteiger partial charge in [0.15, 0.2) is 0 Å². The standard InChI is InChI=1S/C13H17ClN2O2.ClH/c1-18-13(17)9-2-3-12(14)10(6-9)7-16-5-4-11(15)8-16;/h2-3,6,11H,4-5,7-8,15H2,1H3;1H. The first-order valence-corrected chi connectivity index (χ1v) is 6.32. The summed E-state index contributed by atoms with van der Waals surface area (Å²) < 4.78 is 4.70. The number of benzene rings is 1. The lowest BCUT2D eigenvalue weighted by atomic mass is 10.1. The van der Waals surface area contributed by atoms with Crippen molar-refractivity contribution in [2.75, 3.05) is 20.2 Å². The molecule has 1 heterocycles. The minimum atomic E-state index is -0.342. The molecule has 0 aromatic heterocycles. The predicted molar refractivity (Wildman–Crippen MR) is 77.9 cm³/mol. The molecule has 106 valence electrons. The van der Waals surface area contributed by atoms with Crippen LogP contribution in [-0.4, -0.2) is 37.1 Å². The maximum atomic E-state index is 11.5. The number of hydrogen-bond acceptors (Lipinski definition) is 4. The summed E-state index contributed by atoms with van der Waals surface area (Å²) in [6.45, 7) is 2.57. The maximum Gasteiger partial charge on any atom is 0.337 e. The van der Waals surface area contributed by atoms with E-state index >= 15 is 0 Å². The van der Waals surface area contributed by atoms with E-state index in [-0.39, 0.29) is 24.4 Å². The van der Waals surface area contributed by atoms with E-state index in [0.29, 0.717) is 10.6 Å². The summed E-state index contributed by atoms with van der Waals surface area (Å²) in [5.41, 5.74) is 7.33. The molecule has 0 bridgehead atoms. The van der Waals surface area contributed by atoms with E-state index in [2.05, 4.69) is 4.90 Å². The fraction of sp³-hybridized carbons (Fsp3) is 0.462. The minimum Gasteiger partial charge on any atom is -0.465 e. The zero-order valence-corrected chi connectivity index (χ0v) is 12.3. The lowest BCUT2D eigenvalue weighted by molar-refractivity contribution is 0.0600. The molecule has 4 nitrogen and oxygen atoms in total. The lowest BCUT2D eigenvalue weighted by Crippen LogP contribution is -2.26. The second-order valence-electron chi connectivity index (χ2n) is 4.58. The molecule has 2 N–H and O–H groups in total. The van der Waals surface area contributed by atoms with Gasteiger partial charge in [-0.25, -0.2) is 4.79 Å². The van der Waals surface area contributed by atoms with Gasteiger partial charge in [-0.15, -0.1) is 12.4 Å². The SMILES string of the molecule is COC(=O)c1ccc(Cl)c(CN2CCC(N)C2)c1.Cl. The molecule has 19 heavy (non-hydrogen) atoms. The number of halogens is 2. The number of rotatable bonds is 3. The third-order valence-electron chi connectivity index (χ3n) is 3.17. The highest BCUT2D eigenvalue weighted by atomic mass is 35.5. The van der Waals surface area contributed by atoms with Crippen molar-refractivity contribution < 1.29 is 9.53 Å². The lowest BCUT2D eigenvalue weighted by Gasteiger charge is -2.16. The van der Waals surface area contributed by atoms with Crippen LogP contribution in [0.1, 0.15) is 22.3 Å². The van der Waals surface area contributed by atoms with Gasteiger partial charge in [0, 0.05) is 30.7 Å². The third kappa shape index (κ3) is 4.08. The number of ether oxygens (including phenoxy) is 1. The summed E-state index contributed by atoms with van der Waals surface area (Å²) in [7, 11) is 1.37. The molecular formula is C13H18Cl2N2O2. The van der Waals surface area contributed by atoms with Crippen molar-refractivity contribution in [3.63, 3.8) is 0 Å². The quantitative estimate of drug-likeness (QED) is 0.869. The van der Waals surface area contributed by atoms with E-state index in [1.54, 1.807) is 18.2 Å². The number of nitrogens with two attached hydrogens (primary N) is 1. The van der Waals surface area contributed by atoms with E-state index in [1.807, 2.05) is 0 Å². The first-order valence-electron chi connectivity index (χ1n) is 5.95. The predicted octanol–water partition coefficient (Wildman–Crippen LogP) is 2.08. The highest BCUT2D eigenvalue weighted by Crippen LogP contribution is 2.21. The second kappa shape index (κ2) is 7.10. The van der Waals surface area contributed by atoms with Gasteiger partial charge in [-0.2, -0.15) is 0 Å². The summed E-state index contributed by atoms with van der Waals surface area (Å²) in [6.07, 6.45) is 1.01. The molecule has 0 amide bonds. The molecule has 0 spiro atoms. The van der Waals surface area contributed by atoms with Crippen molar-refractivity contribution in [3.05, 3.63) is 34.3 Å². The Balaban J connectivity index is 0.00000180. The zero-order valence-electron chi connectivity index (χ0n) is 10.8. The Bertz CT molecular complexity index is 454. The first kappa shape index (κ1) is 16.2. The molecule has 1 fully saturated rings. The van der Waals surface area contributed by atoms with Crippen LogP contribution in [0.3, 0.4) is 0 Å². The van der Waals surface area contributed by atoms with Gasteiger partial charge in [0.25, 0.3) is 0 Å². The van der Waals surface area contributed by atoms with Crippen molar-refractivity contribution in [2.45, 2.75) is 19.0 Å². The van der Waals surface area contributed by atoms with Crippen molar-refractivity contribution in [3.8, 4) is 0 Å². The number of methoxy groups -OCH3 is 1. The largest absolute Gasteiger partial charge is 0.465 e. The molecule has 1 aromatic carbocycles. The van der Waals surface area contributed by atoms with Crippen LogP contribution in [0.25, 0.3) is 0 Å². The number of likely N-dealkylation sites (tertiary alicyclic amines) is 1. The summed E-state index contributed by atoms with van der Waals surface area (Å²) >= 11 is 6.15. The average Bonchev–Trinajstić information content (AvgIpc) is 2.76. The fourth-order valence-electron chi connectivity index (χ4n) is 2.19. The van der Waals surface area contributed by atoms with Gasteiger partial charge < -0.3 is 10.5 Å². The summed E-state index contributed by atoms with van der Waals surface area (Å²) in [6, 6.07) is 5.44. The third-order valence-corrected chi connectivity index (χ3v) is 3.54. The molecule has 0 saturated carbocycles. The number of nitrogens with zero attached hydrogens (tertiary/aromatic N) is 1. The van der Waals surface area contributed by atoms with Gasteiger partial charge in [0.05, 0.1) is 12.7 Å². The second-order valence-corrected chi connectivity index (χ2v) is 4.99. The summed E-state index contributed by atoms with van der Waals surface area (Å²) in [5.74, 6) is -0.342. The van der Waals surface area contributed by atoms with Crippen molar-refractivity contribution in [1.82, 2.24) is 4.90 Å². The van der Waals surface area contributed by atoms with Crippen molar-refractivity contribution in [1.29, 1.82) is 0 Å².